The summed E-state index contributed by atoms with van der Waals surface area (Å²) in [7, 11) is 0. The summed E-state index contributed by atoms with van der Waals surface area (Å²) in [6.45, 7) is 2.48. The Morgan fingerprint density at radius 2 is 1.59 bits per heavy atom. The van der Waals surface area contributed by atoms with Crippen LogP contribution in [0.4, 0.5) is 0 Å². The maximum absolute atomic E-state index is 13.4. The highest BCUT2D eigenvalue weighted by atomic mass is 16.2. The van der Waals surface area contributed by atoms with Crippen LogP contribution in [0.1, 0.15) is 64.7 Å². The molecule has 232 valence electrons. The molecule has 5 amide bonds. The quantitative estimate of drug-likeness (QED) is 0.0321. The number of nitrogens with zero attached hydrogens (tertiary/aromatic N) is 2. The maximum atomic E-state index is 13.4. The highest BCUT2D eigenvalue weighted by Gasteiger charge is 2.37. The molecule has 0 saturated carbocycles. The number of carbonyl (C=O) groups excluding carboxylic acids is 6. The molecule has 0 aromatic heterocycles. The normalized spacial score (nSPS) is 17.4. The van der Waals surface area contributed by atoms with E-state index in [0.29, 0.717) is 51.5 Å². The van der Waals surface area contributed by atoms with Crippen molar-refractivity contribution in [2.24, 2.45) is 33.7 Å². The van der Waals surface area contributed by atoms with Crippen LogP contribution in [0, 0.1) is 0 Å². The lowest BCUT2D eigenvalue weighted by molar-refractivity contribution is -0.140. The van der Waals surface area contributed by atoms with E-state index in [1.165, 1.54) is 11.8 Å². The maximum Gasteiger partial charge on any atom is 0.243 e. The van der Waals surface area contributed by atoms with Crippen molar-refractivity contribution in [2.75, 3.05) is 19.6 Å². The molecule has 1 rings (SSSR count). The van der Waals surface area contributed by atoms with E-state index in [1.807, 2.05) is 0 Å². The molecule has 0 aromatic rings. The summed E-state index contributed by atoms with van der Waals surface area (Å²) in [5, 5.41) is 7.90. The molecule has 16 heteroatoms. The number of guanidine groups is 1. The Balaban J connectivity index is 3.07. The largest absolute Gasteiger partial charge is 0.370 e. The lowest BCUT2D eigenvalue weighted by atomic mass is 10.0. The lowest BCUT2D eigenvalue weighted by Gasteiger charge is -2.28. The van der Waals surface area contributed by atoms with Gasteiger partial charge in [0, 0.05) is 19.5 Å². The van der Waals surface area contributed by atoms with E-state index >= 15 is 0 Å². The zero-order valence-electron chi connectivity index (χ0n) is 23.7. The Morgan fingerprint density at radius 3 is 2.17 bits per heavy atom. The molecule has 1 fully saturated rings. The smallest absolute Gasteiger partial charge is 0.243 e. The molecule has 1 aliphatic heterocycles. The molecule has 13 N–H and O–H groups in total. The van der Waals surface area contributed by atoms with Crippen LogP contribution >= 0.6 is 0 Å². The number of aldehydes is 1. The van der Waals surface area contributed by atoms with Crippen molar-refractivity contribution in [3.63, 3.8) is 0 Å². The van der Waals surface area contributed by atoms with Crippen LogP contribution in [-0.4, -0.2) is 96.5 Å². The number of hydrogen-bond acceptors (Lipinski definition) is 9. The first-order chi connectivity index (χ1) is 19.4. The molecule has 5 atom stereocenters. The van der Waals surface area contributed by atoms with E-state index in [2.05, 4.69) is 20.9 Å². The van der Waals surface area contributed by atoms with E-state index in [0.717, 1.165) is 0 Å². The van der Waals surface area contributed by atoms with Crippen LogP contribution < -0.4 is 44.6 Å². The standard InChI is InChI=1S/C25H46N10O6/c1-15(27)24(41)35-13-5-8-19(35)23(40)34-18(7-4-12-31-25(29)30)22(39)33-17(6-2-3-11-26)21(38)32-16(14-36)9-10-20(28)37/h14-19H,2-13,26-27H2,1H3,(H2,28,37)(H,32,38)(H,33,39)(H,34,40)(H4,29,30,31)/t15-,16-,17-,18-,19-/m0/s1. The number of nitrogens with one attached hydrogen (secondary N) is 3. The number of primary amides is 1. The van der Waals surface area contributed by atoms with Gasteiger partial charge in [0.15, 0.2) is 5.96 Å². The number of likely N-dealkylation sites (tertiary alicyclic amines) is 1. The minimum absolute atomic E-state index is 0.00946. The molecular weight excluding hydrogens is 536 g/mol. The summed E-state index contributed by atoms with van der Waals surface area (Å²) in [4.78, 5) is 80.0. The molecule has 16 nitrogen and oxygen atoms in total. The van der Waals surface area contributed by atoms with Gasteiger partial charge in [-0.2, -0.15) is 0 Å². The number of aliphatic imine (C=N–C) groups is 1. The van der Waals surface area contributed by atoms with E-state index in [4.69, 9.17) is 28.7 Å². The number of carbonyl (C=O) groups is 6. The zero-order valence-corrected chi connectivity index (χ0v) is 23.7. The molecule has 0 aliphatic carbocycles. The highest BCUT2D eigenvalue weighted by molar-refractivity contribution is 5.95. The van der Waals surface area contributed by atoms with Crippen LogP contribution in [0.25, 0.3) is 0 Å². The van der Waals surface area contributed by atoms with Crippen molar-refractivity contribution < 1.29 is 28.8 Å². The topological polar surface area (TPSA) is 284 Å². The van der Waals surface area contributed by atoms with Crippen molar-refractivity contribution in [1.29, 1.82) is 0 Å². The Labute approximate surface area is 239 Å². The van der Waals surface area contributed by atoms with Gasteiger partial charge in [-0.25, -0.2) is 0 Å². The fourth-order valence-electron chi connectivity index (χ4n) is 4.39. The van der Waals surface area contributed by atoms with E-state index in [-0.39, 0.29) is 44.1 Å². The minimum Gasteiger partial charge on any atom is -0.370 e. The second-order valence-corrected chi connectivity index (χ2v) is 10.1. The van der Waals surface area contributed by atoms with Gasteiger partial charge in [-0.15, -0.1) is 0 Å². The summed E-state index contributed by atoms with van der Waals surface area (Å²) in [6.07, 6.45) is 3.17. The Bertz CT molecular complexity index is 940. The Hall–Kier alpha value is -3.79. The van der Waals surface area contributed by atoms with Crippen molar-refractivity contribution in [1.82, 2.24) is 20.9 Å². The molecule has 0 radical (unpaired) electrons. The minimum atomic E-state index is -1.08. The van der Waals surface area contributed by atoms with E-state index < -0.39 is 53.8 Å². The van der Waals surface area contributed by atoms with Gasteiger partial charge in [-0.3, -0.25) is 29.0 Å². The van der Waals surface area contributed by atoms with Crippen molar-refractivity contribution in [2.45, 2.75) is 94.9 Å². The molecule has 0 aromatic carbocycles. The average molecular weight is 583 g/mol. The predicted octanol–water partition coefficient (Wildman–Crippen LogP) is -3.57. The first-order valence-electron chi connectivity index (χ1n) is 13.9. The first kappa shape index (κ1) is 35.2. The predicted molar refractivity (Wildman–Crippen MR) is 151 cm³/mol. The first-order valence-corrected chi connectivity index (χ1v) is 13.9. The monoisotopic (exact) mass is 582 g/mol. The summed E-state index contributed by atoms with van der Waals surface area (Å²) < 4.78 is 0. The van der Waals surface area contributed by atoms with Gasteiger partial charge in [0.2, 0.25) is 29.5 Å². The third-order valence-electron chi connectivity index (χ3n) is 6.58. The van der Waals surface area contributed by atoms with E-state index in [9.17, 15) is 28.8 Å². The van der Waals surface area contributed by atoms with Crippen LogP contribution in [0.15, 0.2) is 4.99 Å². The molecule has 41 heavy (non-hydrogen) atoms. The fourth-order valence-corrected chi connectivity index (χ4v) is 4.39. The SMILES string of the molecule is C[C@H](N)C(=O)N1CCC[C@H]1C(=O)N[C@@H](CCCN=C(N)N)C(=O)N[C@@H](CCCCN)C(=O)N[C@H](C=O)CCC(N)=O. The molecule has 0 spiro atoms. The van der Waals surface area contributed by atoms with Gasteiger partial charge >= 0.3 is 0 Å². The lowest BCUT2D eigenvalue weighted by Crippen LogP contribution is -2.57. The van der Waals surface area contributed by atoms with Gasteiger partial charge in [0.1, 0.15) is 24.4 Å². The van der Waals surface area contributed by atoms with Crippen LogP contribution in [0.5, 0.6) is 0 Å². The van der Waals surface area contributed by atoms with Gasteiger partial charge < -0.3 is 54.3 Å². The fraction of sp³-hybridized carbons (Fsp3) is 0.720. The van der Waals surface area contributed by atoms with Crippen LogP contribution in [0.2, 0.25) is 0 Å². The summed E-state index contributed by atoms with van der Waals surface area (Å²) in [5.74, 6) is -2.90. The number of nitrogens with two attached hydrogens (primary N) is 5. The van der Waals surface area contributed by atoms with Crippen molar-refractivity contribution in [3.8, 4) is 0 Å². The van der Waals surface area contributed by atoms with E-state index in [1.54, 1.807) is 0 Å². The zero-order chi connectivity index (χ0) is 30.9. The summed E-state index contributed by atoms with van der Waals surface area (Å²) in [5.41, 5.74) is 27.2. The van der Waals surface area contributed by atoms with Gasteiger partial charge in [0.25, 0.3) is 0 Å². The number of amides is 5. The summed E-state index contributed by atoms with van der Waals surface area (Å²) >= 11 is 0. The van der Waals surface area contributed by atoms with Crippen molar-refractivity contribution >= 4 is 41.8 Å². The number of unbranched alkanes of at least 4 members (excludes halogenated alkanes) is 1. The molecule has 1 heterocycles. The second kappa shape index (κ2) is 18.5. The van der Waals surface area contributed by atoms with Crippen molar-refractivity contribution in [3.05, 3.63) is 0 Å². The molecule has 1 aliphatic rings. The highest BCUT2D eigenvalue weighted by Crippen LogP contribution is 2.19. The molecule has 0 unspecified atom stereocenters. The van der Waals surface area contributed by atoms with Gasteiger partial charge in [0.05, 0.1) is 12.1 Å². The Kier molecular flexibility index (Phi) is 15.9. The molecular formula is C25H46N10O6. The third-order valence-corrected chi connectivity index (χ3v) is 6.58. The van der Waals surface area contributed by atoms with Gasteiger partial charge in [-0.1, -0.05) is 0 Å². The molecule has 0 bridgehead atoms. The number of hydrogen-bond donors (Lipinski definition) is 8. The Morgan fingerprint density at radius 1 is 0.951 bits per heavy atom. The van der Waals surface area contributed by atoms with Crippen LogP contribution in [-0.2, 0) is 28.8 Å². The summed E-state index contributed by atoms with van der Waals surface area (Å²) in [6, 6.07) is -4.68. The molecule has 1 saturated heterocycles. The van der Waals surface area contributed by atoms with Crippen LogP contribution in [0.3, 0.4) is 0 Å². The van der Waals surface area contributed by atoms with Gasteiger partial charge in [-0.05, 0) is 64.8 Å². The number of rotatable bonds is 19. The second-order valence-electron chi connectivity index (χ2n) is 10.1. The average Bonchev–Trinajstić information content (AvgIpc) is 3.41. The third kappa shape index (κ3) is 12.9.